The minimum absolute atomic E-state index is 0.0713. The fourth-order valence-corrected chi connectivity index (χ4v) is 5.15. The molecule has 0 bridgehead atoms. The van der Waals surface area contributed by atoms with Crippen molar-refractivity contribution in [2.75, 3.05) is 52.4 Å². The van der Waals surface area contributed by atoms with Crippen molar-refractivity contribution >= 4 is 11.8 Å². The summed E-state index contributed by atoms with van der Waals surface area (Å²) in [5.74, 6) is 1.05. The number of hydrogen-bond acceptors (Lipinski definition) is 4. The Morgan fingerprint density at radius 1 is 1.04 bits per heavy atom. The molecule has 1 spiro atoms. The first-order valence-corrected chi connectivity index (χ1v) is 10.9. The average Bonchev–Trinajstić information content (AvgIpc) is 2.63. The smallest absolute Gasteiger partial charge is 0.223 e. The summed E-state index contributed by atoms with van der Waals surface area (Å²) in [5.41, 5.74) is 0.451. The lowest BCUT2D eigenvalue weighted by atomic mass is 9.57. The van der Waals surface area contributed by atoms with Gasteiger partial charge in [0.2, 0.25) is 11.8 Å². The van der Waals surface area contributed by atoms with Gasteiger partial charge < -0.3 is 15.1 Å². The third kappa shape index (κ3) is 5.44. The fraction of sp³-hybridized carbons (Fsp3) is 0.905. The number of rotatable bonds is 6. The van der Waals surface area contributed by atoms with E-state index < -0.39 is 0 Å². The topological polar surface area (TPSA) is 55.9 Å². The van der Waals surface area contributed by atoms with Gasteiger partial charge in [-0.2, -0.15) is 0 Å². The molecule has 0 aromatic heterocycles. The molecular formula is C21H38N4O2. The summed E-state index contributed by atoms with van der Waals surface area (Å²) in [7, 11) is 0. The van der Waals surface area contributed by atoms with Crippen LogP contribution in [0.5, 0.6) is 0 Å². The molecule has 3 fully saturated rings. The lowest BCUT2D eigenvalue weighted by Crippen LogP contribution is -2.51. The first-order chi connectivity index (χ1) is 12.9. The van der Waals surface area contributed by atoms with Gasteiger partial charge >= 0.3 is 0 Å². The van der Waals surface area contributed by atoms with Gasteiger partial charge in [-0.05, 0) is 50.9 Å². The Labute approximate surface area is 164 Å². The van der Waals surface area contributed by atoms with Crippen LogP contribution in [0.3, 0.4) is 0 Å². The molecule has 154 valence electrons. The number of piperazine rings is 1. The van der Waals surface area contributed by atoms with Crippen LogP contribution in [0, 0.1) is 11.3 Å². The lowest BCUT2D eigenvalue weighted by molar-refractivity contribution is -0.136. The summed E-state index contributed by atoms with van der Waals surface area (Å²) in [6, 6.07) is 0.624. The molecule has 2 heterocycles. The highest BCUT2D eigenvalue weighted by atomic mass is 16.2. The second-order valence-electron chi connectivity index (χ2n) is 9.31. The Balaban J connectivity index is 1.31. The summed E-state index contributed by atoms with van der Waals surface area (Å²) < 4.78 is 0. The second-order valence-corrected chi connectivity index (χ2v) is 9.31. The Kier molecular flexibility index (Phi) is 6.79. The lowest BCUT2D eigenvalue weighted by Gasteiger charge is -2.52. The molecule has 1 N–H and O–H groups in total. The molecule has 0 radical (unpaired) electrons. The van der Waals surface area contributed by atoms with Gasteiger partial charge in [0.25, 0.3) is 0 Å². The van der Waals surface area contributed by atoms with E-state index >= 15 is 0 Å². The molecule has 0 aromatic carbocycles. The largest absolute Gasteiger partial charge is 0.356 e. The van der Waals surface area contributed by atoms with Crippen molar-refractivity contribution in [3.8, 4) is 0 Å². The molecule has 6 nitrogen and oxygen atoms in total. The van der Waals surface area contributed by atoms with E-state index in [1.807, 2.05) is 0 Å². The Hall–Kier alpha value is -1.14. The van der Waals surface area contributed by atoms with E-state index in [9.17, 15) is 9.59 Å². The summed E-state index contributed by atoms with van der Waals surface area (Å²) in [4.78, 5) is 30.7. The van der Waals surface area contributed by atoms with E-state index in [0.717, 1.165) is 65.2 Å². The maximum Gasteiger partial charge on any atom is 0.223 e. The van der Waals surface area contributed by atoms with Crippen LogP contribution in [-0.4, -0.2) is 84.9 Å². The summed E-state index contributed by atoms with van der Waals surface area (Å²) >= 11 is 0. The van der Waals surface area contributed by atoms with Gasteiger partial charge in [0.1, 0.15) is 0 Å². The number of nitrogens with zero attached hydrogens (tertiary/aromatic N) is 3. The van der Waals surface area contributed by atoms with E-state index in [4.69, 9.17) is 0 Å². The second kappa shape index (κ2) is 8.91. The minimum atomic E-state index is 0.0713. The third-order valence-corrected chi connectivity index (χ3v) is 7.04. The number of piperidine rings is 1. The molecule has 3 aliphatic rings. The van der Waals surface area contributed by atoms with Gasteiger partial charge in [-0.1, -0.05) is 0 Å². The Morgan fingerprint density at radius 3 is 2.22 bits per heavy atom. The van der Waals surface area contributed by atoms with Gasteiger partial charge in [0.05, 0.1) is 0 Å². The molecule has 6 heteroatoms. The molecule has 0 aromatic rings. The predicted octanol–water partition coefficient (Wildman–Crippen LogP) is 1.56. The van der Waals surface area contributed by atoms with E-state index in [1.165, 1.54) is 12.8 Å². The number of carbonyl (C=O) groups is 2. The zero-order valence-electron chi connectivity index (χ0n) is 17.5. The van der Waals surface area contributed by atoms with Crippen LogP contribution in [-0.2, 0) is 9.59 Å². The number of amides is 2. The quantitative estimate of drug-likeness (QED) is 0.762. The SMILES string of the molecule is CC(=O)NCC1CC2(CCN(C(=O)CCN3CCN(C(C)C)CC3)CC2)C1. The van der Waals surface area contributed by atoms with Crippen molar-refractivity contribution in [3.63, 3.8) is 0 Å². The van der Waals surface area contributed by atoms with Gasteiger partial charge in [0, 0.05) is 71.7 Å². The van der Waals surface area contributed by atoms with Crippen molar-refractivity contribution < 1.29 is 9.59 Å². The van der Waals surface area contributed by atoms with Crippen LogP contribution < -0.4 is 5.32 Å². The van der Waals surface area contributed by atoms with Crippen molar-refractivity contribution in [2.45, 2.75) is 58.9 Å². The minimum Gasteiger partial charge on any atom is -0.356 e. The van der Waals surface area contributed by atoms with Crippen LogP contribution in [0.2, 0.25) is 0 Å². The van der Waals surface area contributed by atoms with Crippen molar-refractivity contribution in [2.24, 2.45) is 11.3 Å². The Bertz CT molecular complexity index is 512. The van der Waals surface area contributed by atoms with E-state index in [-0.39, 0.29) is 5.91 Å². The normalized spacial score (nSPS) is 24.2. The monoisotopic (exact) mass is 378 g/mol. The first kappa shape index (κ1) is 20.6. The van der Waals surface area contributed by atoms with E-state index in [1.54, 1.807) is 6.92 Å². The van der Waals surface area contributed by atoms with Gasteiger partial charge in [0.15, 0.2) is 0 Å². The molecule has 2 saturated heterocycles. The standard InChI is InChI=1S/C21H38N4O2/c1-17(2)24-12-10-23(11-13-24)7-4-20(27)25-8-5-21(6-9-25)14-19(15-21)16-22-18(3)26/h17,19H,4-16H2,1-3H3,(H,22,26). The van der Waals surface area contributed by atoms with E-state index in [0.29, 0.717) is 29.7 Å². The number of nitrogens with one attached hydrogen (secondary N) is 1. The third-order valence-electron chi connectivity index (χ3n) is 7.04. The molecule has 2 aliphatic heterocycles. The first-order valence-electron chi connectivity index (χ1n) is 10.9. The maximum absolute atomic E-state index is 12.6. The average molecular weight is 379 g/mol. The van der Waals surface area contributed by atoms with Crippen molar-refractivity contribution in [3.05, 3.63) is 0 Å². The van der Waals surface area contributed by atoms with Gasteiger partial charge in [-0.25, -0.2) is 0 Å². The zero-order valence-corrected chi connectivity index (χ0v) is 17.5. The molecule has 0 unspecified atom stereocenters. The van der Waals surface area contributed by atoms with Crippen molar-refractivity contribution in [1.29, 1.82) is 0 Å². The zero-order chi connectivity index (χ0) is 19.4. The molecule has 2 amide bonds. The van der Waals surface area contributed by atoms with Crippen LogP contribution in [0.15, 0.2) is 0 Å². The van der Waals surface area contributed by atoms with Gasteiger partial charge in [-0.15, -0.1) is 0 Å². The molecule has 3 rings (SSSR count). The van der Waals surface area contributed by atoms with Crippen LogP contribution in [0.25, 0.3) is 0 Å². The van der Waals surface area contributed by atoms with Crippen LogP contribution >= 0.6 is 0 Å². The highest BCUT2D eigenvalue weighted by Gasteiger charge is 2.45. The molecule has 27 heavy (non-hydrogen) atoms. The van der Waals surface area contributed by atoms with Crippen molar-refractivity contribution in [1.82, 2.24) is 20.0 Å². The van der Waals surface area contributed by atoms with Crippen LogP contribution in [0.4, 0.5) is 0 Å². The molecular weight excluding hydrogens is 340 g/mol. The Morgan fingerprint density at radius 2 is 1.67 bits per heavy atom. The summed E-state index contributed by atoms with van der Waals surface area (Å²) in [6.07, 6.45) is 5.38. The summed E-state index contributed by atoms with van der Waals surface area (Å²) in [5, 5.41) is 2.94. The highest BCUT2D eigenvalue weighted by Crippen LogP contribution is 2.52. The number of hydrogen-bond donors (Lipinski definition) is 1. The number of carbonyl (C=O) groups excluding carboxylic acids is 2. The summed E-state index contributed by atoms with van der Waals surface area (Å²) in [6.45, 7) is 14.1. The van der Waals surface area contributed by atoms with Gasteiger partial charge in [-0.3, -0.25) is 14.5 Å². The number of likely N-dealkylation sites (tertiary alicyclic amines) is 1. The fourth-order valence-electron chi connectivity index (χ4n) is 5.15. The molecule has 1 aliphatic carbocycles. The molecule has 1 saturated carbocycles. The maximum atomic E-state index is 12.6. The predicted molar refractivity (Wildman–Crippen MR) is 107 cm³/mol. The molecule has 0 atom stereocenters. The van der Waals surface area contributed by atoms with Crippen LogP contribution in [0.1, 0.15) is 52.9 Å². The highest BCUT2D eigenvalue weighted by molar-refractivity contribution is 5.76. The van der Waals surface area contributed by atoms with E-state index in [2.05, 4.69) is 33.9 Å².